The Bertz CT molecular complexity index is 612. The number of nitrogens with zero attached hydrogens (tertiary/aromatic N) is 1. The fourth-order valence-electron chi connectivity index (χ4n) is 3.00. The molecule has 22 heavy (non-hydrogen) atoms. The largest absolute Gasteiger partial charge is 0.283 e. The van der Waals surface area contributed by atoms with Gasteiger partial charge in [0, 0.05) is 25.3 Å². The van der Waals surface area contributed by atoms with Crippen LogP contribution in [-0.4, -0.2) is 23.3 Å². The molecule has 3 heteroatoms. The summed E-state index contributed by atoms with van der Waals surface area (Å²) in [6, 6.07) is 20.0. The van der Waals surface area contributed by atoms with Gasteiger partial charge in [-0.2, -0.15) is 0 Å². The van der Waals surface area contributed by atoms with Crippen LogP contribution >= 0.6 is 0 Å². The smallest absolute Gasteiger partial charge is 0.230 e. The van der Waals surface area contributed by atoms with E-state index in [0.717, 1.165) is 17.5 Å². The number of rotatable bonds is 4. The number of likely N-dealkylation sites (tertiary alicyclic amines) is 1. The van der Waals surface area contributed by atoms with Gasteiger partial charge in [0.2, 0.25) is 11.8 Å². The molecule has 1 saturated heterocycles. The minimum absolute atomic E-state index is 0.0108. The van der Waals surface area contributed by atoms with Crippen LogP contribution in [0.5, 0.6) is 0 Å². The first-order chi connectivity index (χ1) is 10.8. The van der Waals surface area contributed by atoms with E-state index < -0.39 is 0 Å². The highest BCUT2D eigenvalue weighted by molar-refractivity contribution is 5.97. The van der Waals surface area contributed by atoms with E-state index in [1.807, 2.05) is 60.7 Å². The molecule has 1 fully saturated rings. The van der Waals surface area contributed by atoms with E-state index in [9.17, 15) is 9.59 Å². The average Bonchev–Trinajstić information content (AvgIpc) is 3.00. The van der Waals surface area contributed by atoms with Gasteiger partial charge in [0.05, 0.1) is 0 Å². The average molecular weight is 293 g/mol. The van der Waals surface area contributed by atoms with E-state index in [0.29, 0.717) is 19.4 Å². The van der Waals surface area contributed by atoms with Gasteiger partial charge in [0.25, 0.3) is 0 Å². The first kappa shape index (κ1) is 14.5. The molecule has 1 aliphatic rings. The van der Waals surface area contributed by atoms with E-state index in [4.69, 9.17) is 0 Å². The van der Waals surface area contributed by atoms with Gasteiger partial charge in [-0.15, -0.1) is 0 Å². The van der Waals surface area contributed by atoms with Crippen molar-refractivity contribution >= 4 is 11.8 Å². The molecule has 0 saturated carbocycles. The minimum Gasteiger partial charge on any atom is -0.283 e. The highest BCUT2D eigenvalue weighted by Gasteiger charge is 2.29. The molecule has 0 unspecified atom stereocenters. The molecular weight excluding hydrogens is 274 g/mol. The van der Waals surface area contributed by atoms with E-state index in [1.54, 1.807) is 0 Å². The highest BCUT2D eigenvalue weighted by atomic mass is 16.2. The molecule has 112 valence electrons. The maximum absolute atomic E-state index is 12.5. The normalized spacial score (nSPS) is 14.6. The molecular formula is C19H19NO2. The van der Waals surface area contributed by atoms with E-state index in [-0.39, 0.29) is 17.7 Å². The van der Waals surface area contributed by atoms with Crippen molar-refractivity contribution in [2.75, 3.05) is 6.54 Å². The van der Waals surface area contributed by atoms with Gasteiger partial charge < -0.3 is 0 Å². The molecule has 3 rings (SSSR count). The summed E-state index contributed by atoms with van der Waals surface area (Å²) in [5.74, 6) is -0.117. The molecule has 1 aliphatic heterocycles. The molecule has 1 heterocycles. The molecule has 0 aliphatic carbocycles. The van der Waals surface area contributed by atoms with Crippen LogP contribution in [0, 0.1) is 0 Å². The summed E-state index contributed by atoms with van der Waals surface area (Å²) in [7, 11) is 0. The predicted octanol–water partition coefficient (Wildman–Crippen LogP) is 3.36. The van der Waals surface area contributed by atoms with Gasteiger partial charge in [-0.05, 0) is 17.5 Å². The van der Waals surface area contributed by atoms with Crippen LogP contribution in [0.4, 0.5) is 0 Å². The van der Waals surface area contributed by atoms with Crippen LogP contribution in [0.1, 0.15) is 36.3 Å². The van der Waals surface area contributed by atoms with Crippen molar-refractivity contribution in [1.29, 1.82) is 0 Å². The van der Waals surface area contributed by atoms with Crippen molar-refractivity contribution in [1.82, 2.24) is 4.90 Å². The Labute approximate surface area is 130 Å². The Balaban J connectivity index is 1.86. The summed E-state index contributed by atoms with van der Waals surface area (Å²) in [5.41, 5.74) is 2.21. The molecule has 0 atom stereocenters. The van der Waals surface area contributed by atoms with Crippen molar-refractivity contribution in [3.63, 3.8) is 0 Å². The third-order valence-corrected chi connectivity index (χ3v) is 4.16. The second-order valence-electron chi connectivity index (χ2n) is 5.62. The molecule has 0 aromatic heterocycles. The van der Waals surface area contributed by atoms with E-state index in [1.165, 1.54) is 4.90 Å². The summed E-state index contributed by atoms with van der Waals surface area (Å²) in [4.78, 5) is 25.7. The Morgan fingerprint density at radius 2 is 1.50 bits per heavy atom. The molecule has 2 amide bonds. The van der Waals surface area contributed by atoms with E-state index in [2.05, 4.69) is 0 Å². The van der Waals surface area contributed by atoms with Crippen molar-refractivity contribution < 1.29 is 9.59 Å². The molecule has 2 aromatic rings. The van der Waals surface area contributed by atoms with Gasteiger partial charge in [0.15, 0.2) is 0 Å². The zero-order chi connectivity index (χ0) is 15.4. The number of imide groups is 1. The lowest BCUT2D eigenvalue weighted by Gasteiger charge is -2.21. The number of hydrogen-bond acceptors (Lipinski definition) is 2. The number of hydrogen-bond donors (Lipinski definition) is 0. The third-order valence-electron chi connectivity index (χ3n) is 4.16. The second kappa shape index (κ2) is 6.56. The SMILES string of the molecule is O=C1CCCN1C(=O)CC(c1ccccc1)c1ccccc1. The fraction of sp³-hybridized carbons (Fsp3) is 0.263. The summed E-state index contributed by atoms with van der Waals surface area (Å²) in [6.07, 6.45) is 1.61. The first-order valence-corrected chi connectivity index (χ1v) is 7.69. The lowest BCUT2D eigenvalue weighted by molar-refractivity contribution is -0.141. The molecule has 0 radical (unpaired) electrons. The highest BCUT2D eigenvalue weighted by Crippen LogP contribution is 2.29. The summed E-state index contributed by atoms with van der Waals surface area (Å²) >= 11 is 0. The molecule has 0 bridgehead atoms. The summed E-state index contributed by atoms with van der Waals surface area (Å²) in [5, 5.41) is 0. The topological polar surface area (TPSA) is 37.4 Å². The van der Waals surface area contributed by atoms with Crippen LogP contribution in [-0.2, 0) is 9.59 Å². The van der Waals surface area contributed by atoms with Crippen LogP contribution in [0.25, 0.3) is 0 Å². The van der Waals surface area contributed by atoms with Gasteiger partial charge in [-0.25, -0.2) is 0 Å². The lowest BCUT2D eigenvalue weighted by atomic mass is 9.88. The first-order valence-electron chi connectivity index (χ1n) is 7.69. The number of amides is 2. The zero-order valence-electron chi connectivity index (χ0n) is 12.4. The van der Waals surface area contributed by atoms with Crippen molar-refractivity contribution in [3.05, 3.63) is 71.8 Å². The lowest BCUT2D eigenvalue weighted by Crippen LogP contribution is -2.33. The van der Waals surface area contributed by atoms with E-state index >= 15 is 0 Å². The molecule has 3 nitrogen and oxygen atoms in total. The van der Waals surface area contributed by atoms with Gasteiger partial charge in [-0.3, -0.25) is 14.5 Å². The molecule has 0 spiro atoms. The van der Waals surface area contributed by atoms with Crippen molar-refractivity contribution in [3.8, 4) is 0 Å². The number of carbonyl (C=O) groups is 2. The summed E-state index contributed by atoms with van der Waals surface area (Å²) in [6.45, 7) is 0.563. The Morgan fingerprint density at radius 3 is 1.95 bits per heavy atom. The molecule has 2 aromatic carbocycles. The van der Waals surface area contributed by atoms with Crippen LogP contribution in [0.15, 0.2) is 60.7 Å². The molecule has 0 N–H and O–H groups in total. The standard InChI is InChI=1S/C19H19NO2/c21-18-12-7-13-20(18)19(22)14-17(15-8-3-1-4-9-15)16-10-5-2-6-11-16/h1-6,8-11,17H,7,12-14H2. The monoisotopic (exact) mass is 293 g/mol. The zero-order valence-corrected chi connectivity index (χ0v) is 12.4. The number of benzene rings is 2. The van der Waals surface area contributed by atoms with Crippen LogP contribution in [0.3, 0.4) is 0 Å². The third kappa shape index (κ3) is 3.08. The second-order valence-corrected chi connectivity index (χ2v) is 5.62. The number of carbonyl (C=O) groups excluding carboxylic acids is 2. The Hall–Kier alpha value is -2.42. The predicted molar refractivity (Wildman–Crippen MR) is 85.3 cm³/mol. The Kier molecular flexibility index (Phi) is 4.33. The van der Waals surface area contributed by atoms with Crippen LogP contribution in [0.2, 0.25) is 0 Å². The van der Waals surface area contributed by atoms with Crippen molar-refractivity contribution in [2.24, 2.45) is 0 Å². The van der Waals surface area contributed by atoms with Gasteiger partial charge in [-0.1, -0.05) is 60.7 Å². The fourth-order valence-corrected chi connectivity index (χ4v) is 3.00. The Morgan fingerprint density at radius 1 is 0.955 bits per heavy atom. The van der Waals surface area contributed by atoms with Gasteiger partial charge in [0.1, 0.15) is 0 Å². The van der Waals surface area contributed by atoms with Crippen LogP contribution < -0.4 is 0 Å². The minimum atomic E-state index is -0.0693. The van der Waals surface area contributed by atoms with Crippen molar-refractivity contribution in [2.45, 2.75) is 25.2 Å². The maximum Gasteiger partial charge on any atom is 0.230 e. The summed E-state index contributed by atoms with van der Waals surface area (Å²) < 4.78 is 0. The van der Waals surface area contributed by atoms with Gasteiger partial charge >= 0.3 is 0 Å². The quantitative estimate of drug-likeness (QED) is 0.867. The maximum atomic E-state index is 12.5.